The van der Waals surface area contributed by atoms with Gasteiger partial charge in [-0.05, 0) is 29.3 Å². The summed E-state index contributed by atoms with van der Waals surface area (Å²) in [6.45, 7) is 6.38. The second-order valence-electron chi connectivity index (χ2n) is 8.27. The first-order valence-corrected chi connectivity index (χ1v) is 10.5. The van der Waals surface area contributed by atoms with E-state index < -0.39 is 0 Å². The summed E-state index contributed by atoms with van der Waals surface area (Å²) in [7, 11) is 0. The molecule has 0 aliphatic carbocycles. The summed E-state index contributed by atoms with van der Waals surface area (Å²) >= 11 is 0. The van der Waals surface area contributed by atoms with Crippen molar-refractivity contribution in [3.05, 3.63) is 48.0 Å². The molecule has 7 heteroatoms. The largest absolute Gasteiger partial charge is 0.339 e. The second-order valence-corrected chi connectivity index (χ2v) is 8.27. The summed E-state index contributed by atoms with van der Waals surface area (Å²) < 4.78 is 0. The predicted octanol–water partition coefficient (Wildman–Crippen LogP) is 1.36. The molecule has 3 aliphatic heterocycles. The average molecular weight is 416 g/mol. The van der Waals surface area contributed by atoms with Gasteiger partial charge in [0.15, 0.2) is 0 Å². The van der Waals surface area contributed by atoms with Gasteiger partial charge >= 0.3 is 0 Å². The van der Waals surface area contributed by atoms with Crippen LogP contribution in [-0.4, -0.2) is 67.1 Å². The normalized spacial score (nSPS) is 27.4. The Bertz CT molecular complexity index is 849. The number of amides is 1. The first-order valence-electron chi connectivity index (χ1n) is 10.5. The molecular weight excluding hydrogens is 386 g/mol. The van der Waals surface area contributed by atoms with Crippen molar-refractivity contribution in [1.29, 1.82) is 0 Å². The molecule has 0 radical (unpaired) electrons. The van der Waals surface area contributed by atoms with Crippen LogP contribution in [0.4, 0.5) is 0 Å². The fourth-order valence-corrected chi connectivity index (χ4v) is 4.96. The van der Waals surface area contributed by atoms with Crippen molar-refractivity contribution in [2.24, 2.45) is 5.92 Å². The number of piperidine rings is 1. The molecule has 29 heavy (non-hydrogen) atoms. The van der Waals surface area contributed by atoms with E-state index >= 15 is 0 Å². The number of nitrogens with zero attached hydrogens (tertiary/aromatic N) is 2. The zero-order chi connectivity index (χ0) is 18.9. The van der Waals surface area contributed by atoms with Crippen molar-refractivity contribution in [1.82, 2.24) is 26.0 Å². The lowest BCUT2D eigenvalue weighted by Gasteiger charge is -2.37. The molecule has 3 aliphatic rings. The van der Waals surface area contributed by atoms with Crippen LogP contribution in [-0.2, 0) is 11.3 Å². The lowest BCUT2D eigenvalue weighted by molar-refractivity contribution is -0.136. The minimum Gasteiger partial charge on any atom is -0.339 e. The first-order chi connectivity index (χ1) is 13.8. The number of hydrogen-bond donors (Lipinski definition) is 3. The van der Waals surface area contributed by atoms with Gasteiger partial charge < -0.3 is 10.2 Å². The van der Waals surface area contributed by atoms with E-state index in [0.717, 1.165) is 52.2 Å². The summed E-state index contributed by atoms with van der Waals surface area (Å²) in [4.78, 5) is 17.6. The molecule has 3 heterocycles. The fraction of sp³-hybridized carbons (Fsp3) is 0.500. The van der Waals surface area contributed by atoms with E-state index in [9.17, 15) is 4.79 Å². The van der Waals surface area contributed by atoms with Gasteiger partial charge in [0, 0.05) is 51.2 Å². The monoisotopic (exact) mass is 415 g/mol. The number of halogens is 1. The first kappa shape index (κ1) is 20.6. The number of hydrazine groups is 1. The average Bonchev–Trinajstić information content (AvgIpc) is 3.18. The zero-order valence-electron chi connectivity index (χ0n) is 16.6. The topological polar surface area (TPSA) is 59.6 Å². The number of rotatable bonds is 3. The van der Waals surface area contributed by atoms with Crippen molar-refractivity contribution < 1.29 is 4.79 Å². The maximum atomic E-state index is 13.1. The number of hydrogen-bond acceptors (Lipinski definition) is 5. The van der Waals surface area contributed by atoms with Gasteiger partial charge in [0.05, 0.1) is 0 Å². The van der Waals surface area contributed by atoms with Gasteiger partial charge in [-0.25, -0.2) is 5.43 Å². The Morgan fingerprint density at radius 3 is 2.66 bits per heavy atom. The zero-order valence-corrected chi connectivity index (χ0v) is 17.5. The minimum atomic E-state index is -0.0950. The molecule has 0 saturated carbocycles. The lowest BCUT2D eigenvalue weighted by Crippen LogP contribution is -2.55. The van der Waals surface area contributed by atoms with Crippen molar-refractivity contribution in [3.63, 3.8) is 0 Å². The van der Waals surface area contributed by atoms with Gasteiger partial charge in [0.2, 0.25) is 5.91 Å². The molecule has 2 aromatic carbocycles. The van der Waals surface area contributed by atoms with Crippen molar-refractivity contribution in [3.8, 4) is 0 Å². The number of carbonyl (C=O) groups is 1. The van der Waals surface area contributed by atoms with Crippen molar-refractivity contribution in [2.45, 2.75) is 25.0 Å². The van der Waals surface area contributed by atoms with Crippen LogP contribution in [0.5, 0.6) is 0 Å². The van der Waals surface area contributed by atoms with Gasteiger partial charge in [-0.1, -0.05) is 42.5 Å². The van der Waals surface area contributed by atoms with E-state index in [1.54, 1.807) is 0 Å². The third-order valence-corrected chi connectivity index (χ3v) is 6.61. The summed E-state index contributed by atoms with van der Waals surface area (Å²) in [5.74, 6) is 0.614. The molecule has 5 rings (SSSR count). The summed E-state index contributed by atoms with van der Waals surface area (Å²) in [5, 5.41) is 6.06. The summed E-state index contributed by atoms with van der Waals surface area (Å²) in [6.07, 6.45) is 1.08. The summed E-state index contributed by atoms with van der Waals surface area (Å²) in [5.41, 5.74) is 7.98. The minimum absolute atomic E-state index is 0. The van der Waals surface area contributed by atoms with Crippen LogP contribution >= 0.6 is 12.4 Å². The van der Waals surface area contributed by atoms with Crippen LogP contribution in [0.15, 0.2) is 42.5 Å². The van der Waals surface area contributed by atoms with Crippen molar-refractivity contribution >= 4 is 29.1 Å². The molecule has 3 saturated heterocycles. The highest BCUT2D eigenvalue weighted by molar-refractivity contribution is 5.86. The maximum absolute atomic E-state index is 13.1. The third kappa shape index (κ3) is 4.13. The fourth-order valence-electron chi connectivity index (χ4n) is 4.96. The van der Waals surface area contributed by atoms with Crippen molar-refractivity contribution in [2.75, 3.05) is 39.3 Å². The number of carbonyl (C=O) groups excluding carboxylic acids is 1. The number of piperazine rings is 1. The Kier molecular flexibility index (Phi) is 6.37. The van der Waals surface area contributed by atoms with E-state index in [1.165, 1.54) is 16.3 Å². The molecule has 1 amide bonds. The highest BCUT2D eigenvalue weighted by Gasteiger charge is 2.42. The van der Waals surface area contributed by atoms with E-state index in [1.807, 2.05) is 0 Å². The molecule has 6 nitrogen and oxygen atoms in total. The quantitative estimate of drug-likeness (QED) is 0.706. The molecule has 0 spiro atoms. The van der Waals surface area contributed by atoms with Crippen LogP contribution in [0.3, 0.4) is 0 Å². The van der Waals surface area contributed by atoms with Gasteiger partial charge in [-0.2, -0.15) is 0 Å². The van der Waals surface area contributed by atoms with Crippen LogP contribution in [0.1, 0.15) is 12.0 Å². The SMILES string of the molecule is Cl.O=C(C1NNC2CCNCC21)N1CCN(Cc2cccc3ccccc23)CC1. The van der Waals surface area contributed by atoms with Crippen LogP contribution in [0.2, 0.25) is 0 Å². The molecule has 2 aromatic rings. The van der Waals surface area contributed by atoms with E-state index in [-0.39, 0.29) is 24.4 Å². The third-order valence-electron chi connectivity index (χ3n) is 6.61. The Morgan fingerprint density at radius 2 is 1.79 bits per heavy atom. The number of nitrogens with one attached hydrogen (secondary N) is 3. The highest BCUT2D eigenvalue weighted by atomic mass is 35.5. The van der Waals surface area contributed by atoms with Gasteiger partial charge in [-0.3, -0.25) is 15.1 Å². The van der Waals surface area contributed by atoms with E-state index in [0.29, 0.717) is 12.0 Å². The Morgan fingerprint density at radius 1 is 1.00 bits per heavy atom. The molecule has 0 bridgehead atoms. The molecule has 156 valence electrons. The molecule has 3 unspecified atom stereocenters. The van der Waals surface area contributed by atoms with Gasteiger partial charge in [0.1, 0.15) is 6.04 Å². The lowest BCUT2D eigenvalue weighted by atomic mass is 9.89. The Balaban J connectivity index is 0.00000205. The number of fused-ring (bicyclic) bond motifs is 2. The Labute approximate surface area is 178 Å². The maximum Gasteiger partial charge on any atom is 0.241 e. The Hall–Kier alpha value is -1.70. The predicted molar refractivity (Wildman–Crippen MR) is 118 cm³/mol. The molecule has 3 fully saturated rings. The van der Waals surface area contributed by atoms with E-state index in [2.05, 4.69) is 68.4 Å². The molecular formula is C22H30ClN5O. The van der Waals surface area contributed by atoms with Gasteiger partial charge in [0.25, 0.3) is 0 Å². The van der Waals surface area contributed by atoms with Crippen LogP contribution in [0, 0.1) is 5.92 Å². The second kappa shape index (κ2) is 8.98. The smallest absolute Gasteiger partial charge is 0.241 e. The highest BCUT2D eigenvalue weighted by Crippen LogP contribution is 2.23. The molecule has 3 atom stereocenters. The number of benzene rings is 2. The summed E-state index contributed by atoms with van der Waals surface area (Å²) in [6, 6.07) is 15.4. The van der Waals surface area contributed by atoms with Crippen LogP contribution in [0.25, 0.3) is 10.8 Å². The van der Waals surface area contributed by atoms with Gasteiger partial charge in [-0.15, -0.1) is 12.4 Å². The molecule has 3 N–H and O–H groups in total. The van der Waals surface area contributed by atoms with Crippen LogP contribution < -0.4 is 16.2 Å². The molecule has 0 aromatic heterocycles. The van der Waals surface area contributed by atoms with E-state index in [4.69, 9.17) is 0 Å². The standard InChI is InChI=1S/C22H29N5O.ClH/c28-22(21-19-14-23-9-8-20(19)24-25-21)27-12-10-26(11-13-27)15-17-6-3-5-16-4-1-2-7-18(16)17;/h1-7,19-21,23-25H,8-15H2;1H.